The summed E-state index contributed by atoms with van der Waals surface area (Å²) in [5.41, 5.74) is 2.16. The zero-order chi connectivity index (χ0) is 20.1. The van der Waals surface area contributed by atoms with Gasteiger partial charge in [0.05, 0.1) is 6.42 Å². The van der Waals surface area contributed by atoms with Gasteiger partial charge in [-0.2, -0.15) is 4.98 Å². The molecule has 2 aliphatic rings. The van der Waals surface area contributed by atoms with Gasteiger partial charge in [0, 0.05) is 25.8 Å². The maximum absolute atomic E-state index is 10.8. The number of piperidine rings is 1. The predicted octanol–water partition coefficient (Wildman–Crippen LogP) is 4.09. The van der Waals surface area contributed by atoms with Crippen LogP contribution in [0.1, 0.15) is 55.6 Å². The van der Waals surface area contributed by atoms with E-state index in [1.54, 1.807) is 0 Å². The van der Waals surface area contributed by atoms with Gasteiger partial charge in [0.25, 0.3) is 0 Å². The first-order chi connectivity index (χ1) is 14.2. The van der Waals surface area contributed by atoms with E-state index in [4.69, 9.17) is 10.1 Å². The third-order valence-corrected chi connectivity index (χ3v) is 6.29. The molecule has 6 nitrogen and oxygen atoms in total. The molecular formula is C23H30N4O2. The van der Waals surface area contributed by atoms with Crippen molar-refractivity contribution >= 4 is 17.7 Å². The number of aliphatic carboxylic acids is 1. The Hall–Kier alpha value is -2.63. The number of aromatic nitrogens is 2. The summed E-state index contributed by atoms with van der Waals surface area (Å²) in [6.07, 6.45) is 9.43. The minimum absolute atomic E-state index is 0.0869. The SMILES string of the molecule is O=C(O)Cc1ccc(C2CCN(c3ccnc(NCC4CCCC4)n3)CC2)cc1. The first kappa shape index (κ1) is 19.7. The fourth-order valence-corrected chi connectivity index (χ4v) is 4.58. The number of rotatable bonds is 7. The molecule has 1 aromatic heterocycles. The number of hydrogen-bond donors (Lipinski definition) is 2. The van der Waals surface area contributed by atoms with Crippen LogP contribution >= 0.6 is 0 Å². The monoisotopic (exact) mass is 394 g/mol. The summed E-state index contributed by atoms with van der Waals surface area (Å²) in [4.78, 5) is 22.3. The van der Waals surface area contributed by atoms with Gasteiger partial charge in [-0.1, -0.05) is 37.1 Å². The fourth-order valence-electron chi connectivity index (χ4n) is 4.58. The highest BCUT2D eigenvalue weighted by molar-refractivity contribution is 5.70. The van der Waals surface area contributed by atoms with Gasteiger partial charge in [0.1, 0.15) is 5.82 Å². The first-order valence-electron chi connectivity index (χ1n) is 10.8. The lowest BCUT2D eigenvalue weighted by atomic mass is 9.89. The predicted molar refractivity (Wildman–Crippen MR) is 114 cm³/mol. The van der Waals surface area contributed by atoms with Gasteiger partial charge in [-0.3, -0.25) is 4.79 Å². The van der Waals surface area contributed by atoms with Gasteiger partial charge in [-0.05, 0) is 54.7 Å². The number of carboxylic acids is 1. The Bertz CT molecular complexity index is 810. The van der Waals surface area contributed by atoms with Crippen molar-refractivity contribution in [2.45, 2.75) is 50.9 Å². The quantitative estimate of drug-likeness (QED) is 0.736. The minimum Gasteiger partial charge on any atom is -0.481 e. The van der Waals surface area contributed by atoms with E-state index >= 15 is 0 Å². The third kappa shape index (κ3) is 5.25. The molecule has 154 valence electrons. The van der Waals surface area contributed by atoms with Crippen molar-refractivity contribution in [3.05, 3.63) is 47.7 Å². The van der Waals surface area contributed by atoms with E-state index in [0.29, 0.717) is 5.92 Å². The Kier molecular flexibility index (Phi) is 6.27. The van der Waals surface area contributed by atoms with E-state index in [2.05, 4.69) is 27.3 Å². The standard InChI is InChI=1S/C23H30N4O2/c28-22(29)15-17-5-7-19(8-6-17)20-10-13-27(14-11-20)21-9-12-24-23(26-21)25-16-18-3-1-2-4-18/h5-9,12,18,20H,1-4,10-11,13-16H2,(H,28,29)(H,24,25,26). The molecule has 2 heterocycles. The van der Waals surface area contributed by atoms with Gasteiger partial charge in [-0.15, -0.1) is 0 Å². The highest BCUT2D eigenvalue weighted by Gasteiger charge is 2.22. The average Bonchev–Trinajstić information content (AvgIpc) is 3.27. The van der Waals surface area contributed by atoms with Crippen molar-refractivity contribution in [1.82, 2.24) is 9.97 Å². The highest BCUT2D eigenvalue weighted by atomic mass is 16.4. The molecule has 6 heteroatoms. The van der Waals surface area contributed by atoms with Crippen LogP contribution in [0.5, 0.6) is 0 Å². The molecule has 0 bridgehead atoms. The van der Waals surface area contributed by atoms with E-state index in [1.807, 2.05) is 24.4 Å². The molecule has 1 saturated carbocycles. The van der Waals surface area contributed by atoms with Gasteiger partial charge >= 0.3 is 5.97 Å². The van der Waals surface area contributed by atoms with E-state index in [9.17, 15) is 4.79 Å². The summed E-state index contributed by atoms with van der Waals surface area (Å²) in [5, 5.41) is 12.3. The molecule has 2 N–H and O–H groups in total. The molecule has 0 spiro atoms. The molecule has 0 amide bonds. The van der Waals surface area contributed by atoms with Crippen LogP contribution < -0.4 is 10.2 Å². The largest absolute Gasteiger partial charge is 0.481 e. The summed E-state index contributed by atoms with van der Waals surface area (Å²) in [6, 6.07) is 10.1. The van der Waals surface area contributed by atoms with Crippen molar-refractivity contribution in [2.75, 3.05) is 29.9 Å². The van der Waals surface area contributed by atoms with Crippen LogP contribution in [0.15, 0.2) is 36.5 Å². The topological polar surface area (TPSA) is 78.3 Å². The molecule has 4 rings (SSSR count). The number of carbonyl (C=O) groups is 1. The summed E-state index contributed by atoms with van der Waals surface area (Å²) < 4.78 is 0. The summed E-state index contributed by atoms with van der Waals surface area (Å²) in [7, 11) is 0. The number of benzene rings is 1. The number of hydrogen-bond acceptors (Lipinski definition) is 5. The molecule has 1 aliphatic heterocycles. The minimum atomic E-state index is -0.784. The van der Waals surface area contributed by atoms with Crippen LogP contribution in [0.4, 0.5) is 11.8 Å². The smallest absolute Gasteiger partial charge is 0.307 e. The van der Waals surface area contributed by atoms with Crippen LogP contribution in [-0.2, 0) is 11.2 Å². The number of anilines is 2. The Morgan fingerprint density at radius 1 is 1.07 bits per heavy atom. The second-order valence-electron chi connectivity index (χ2n) is 8.34. The van der Waals surface area contributed by atoms with E-state index in [-0.39, 0.29) is 6.42 Å². The van der Waals surface area contributed by atoms with E-state index in [0.717, 1.165) is 55.7 Å². The summed E-state index contributed by atoms with van der Waals surface area (Å²) >= 11 is 0. The number of nitrogens with one attached hydrogen (secondary N) is 1. The second kappa shape index (κ2) is 9.25. The fraction of sp³-hybridized carbons (Fsp3) is 0.522. The number of nitrogens with zero attached hydrogens (tertiary/aromatic N) is 3. The van der Waals surface area contributed by atoms with Crippen molar-refractivity contribution in [2.24, 2.45) is 5.92 Å². The maximum Gasteiger partial charge on any atom is 0.307 e. The van der Waals surface area contributed by atoms with Gasteiger partial charge < -0.3 is 15.3 Å². The van der Waals surface area contributed by atoms with Crippen molar-refractivity contribution in [1.29, 1.82) is 0 Å². The molecule has 1 aliphatic carbocycles. The maximum atomic E-state index is 10.8. The van der Waals surface area contributed by atoms with Crippen LogP contribution in [0, 0.1) is 5.92 Å². The van der Waals surface area contributed by atoms with Crippen molar-refractivity contribution in [3.8, 4) is 0 Å². The summed E-state index contributed by atoms with van der Waals surface area (Å²) in [6.45, 7) is 2.92. The molecule has 2 fully saturated rings. The Balaban J connectivity index is 1.31. The lowest BCUT2D eigenvalue weighted by Gasteiger charge is -2.33. The lowest BCUT2D eigenvalue weighted by molar-refractivity contribution is -0.136. The Labute approximate surface area is 172 Å². The van der Waals surface area contributed by atoms with Crippen LogP contribution in [0.3, 0.4) is 0 Å². The number of carboxylic acid groups (broad SMARTS) is 1. The van der Waals surface area contributed by atoms with Crippen molar-refractivity contribution in [3.63, 3.8) is 0 Å². The molecule has 1 saturated heterocycles. The Morgan fingerprint density at radius 3 is 2.48 bits per heavy atom. The molecular weight excluding hydrogens is 364 g/mol. The normalized spacial score (nSPS) is 18.1. The molecule has 0 radical (unpaired) electrons. The third-order valence-electron chi connectivity index (χ3n) is 6.29. The van der Waals surface area contributed by atoms with E-state index < -0.39 is 5.97 Å². The second-order valence-corrected chi connectivity index (χ2v) is 8.34. The van der Waals surface area contributed by atoms with Gasteiger partial charge in [0.2, 0.25) is 5.95 Å². The first-order valence-corrected chi connectivity index (χ1v) is 10.8. The van der Waals surface area contributed by atoms with Gasteiger partial charge in [0.15, 0.2) is 0 Å². The van der Waals surface area contributed by atoms with E-state index in [1.165, 1.54) is 31.2 Å². The zero-order valence-corrected chi connectivity index (χ0v) is 16.9. The van der Waals surface area contributed by atoms with Crippen molar-refractivity contribution < 1.29 is 9.90 Å². The molecule has 0 atom stereocenters. The highest BCUT2D eigenvalue weighted by Crippen LogP contribution is 2.30. The Morgan fingerprint density at radius 2 is 1.79 bits per heavy atom. The molecule has 0 unspecified atom stereocenters. The van der Waals surface area contributed by atoms with Crippen LogP contribution in [0.25, 0.3) is 0 Å². The summed E-state index contributed by atoms with van der Waals surface area (Å²) in [5.74, 6) is 2.24. The molecule has 2 aromatic rings. The molecule has 1 aromatic carbocycles. The lowest BCUT2D eigenvalue weighted by Crippen LogP contribution is -2.33. The molecule has 29 heavy (non-hydrogen) atoms. The zero-order valence-electron chi connectivity index (χ0n) is 16.9. The van der Waals surface area contributed by atoms with Gasteiger partial charge in [-0.25, -0.2) is 4.98 Å². The van der Waals surface area contributed by atoms with Crippen LogP contribution in [0.2, 0.25) is 0 Å². The van der Waals surface area contributed by atoms with Crippen LogP contribution in [-0.4, -0.2) is 40.7 Å². The average molecular weight is 395 g/mol.